The number of hydrogen-bond acceptors (Lipinski definition) is 6. The van der Waals surface area contributed by atoms with Crippen molar-refractivity contribution in [2.24, 2.45) is 0 Å². The fraction of sp³-hybridized carbons (Fsp3) is 0.417. The van der Waals surface area contributed by atoms with Gasteiger partial charge in [-0.3, -0.25) is 14.5 Å². The second-order valence-electron chi connectivity index (χ2n) is 7.93. The summed E-state index contributed by atoms with van der Waals surface area (Å²) in [7, 11) is -0.454. The van der Waals surface area contributed by atoms with Crippen molar-refractivity contribution < 1.29 is 22.7 Å². The minimum absolute atomic E-state index is 0.0126. The first kappa shape index (κ1) is 27.3. The lowest BCUT2D eigenvalue weighted by molar-refractivity contribution is -0.122. The Balaban J connectivity index is 2.06. The Labute approximate surface area is 202 Å². The zero-order valence-electron chi connectivity index (χ0n) is 20.6. The van der Waals surface area contributed by atoms with E-state index in [-0.39, 0.29) is 23.3 Å². The van der Waals surface area contributed by atoms with Gasteiger partial charge in [0.25, 0.3) is 0 Å². The summed E-state index contributed by atoms with van der Waals surface area (Å²) in [5.41, 5.74) is 1.57. The first-order valence-corrected chi connectivity index (χ1v) is 12.5. The van der Waals surface area contributed by atoms with Crippen LogP contribution < -0.4 is 15.4 Å². The molecule has 2 N–H and O–H groups in total. The van der Waals surface area contributed by atoms with Crippen molar-refractivity contribution in [1.29, 1.82) is 0 Å². The molecule has 0 fully saturated rings. The number of aryl methyl sites for hydroxylation is 1. The van der Waals surface area contributed by atoms with Crippen molar-refractivity contribution in [1.82, 2.24) is 9.21 Å². The maximum atomic E-state index is 13.0. The van der Waals surface area contributed by atoms with Gasteiger partial charge in [0.15, 0.2) is 0 Å². The molecule has 0 spiro atoms. The molecule has 34 heavy (non-hydrogen) atoms. The summed E-state index contributed by atoms with van der Waals surface area (Å²) in [4.78, 5) is 27.0. The zero-order valence-corrected chi connectivity index (χ0v) is 21.4. The molecule has 0 radical (unpaired) electrons. The Hall–Kier alpha value is -2.95. The van der Waals surface area contributed by atoms with Crippen molar-refractivity contribution in [3.63, 3.8) is 0 Å². The molecule has 0 heterocycles. The number of sulfonamides is 1. The topological polar surface area (TPSA) is 108 Å². The standard InChI is InChI=1S/C24H34N4O5S/c1-7-28(8-2)34(31,32)22-15-20(13-12-17(22)3)26-24(30)18(4)27(5)16-23(29)25-19-10-9-11-21(14-19)33-6/h9-15,18H,7-8,16H2,1-6H3,(H,25,29)(H,26,30). The summed E-state index contributed by atoms with van der Waals surface area (Å²) in [6.07, 6.45) is 0. The lowest BCUT2D eigenvalue weighted by atomic mass is 10.2. The molecule has 9 nitrogen and oxygen atoms in total. The molecule has 0 saturated carbocycles. The van der Waals surface area contributed by atoms with Gasteiger partial charge in [-0.1, -0.05) is 26.0 Å². The average Bonchev–Trinajstić information content (AvgIpc) is 2.80. The Morgan fingerprint density at radius 1 is 1.03 bits per heavy atom. The number of benzene rings is 2. The number of methoxy groups -OCH3 is 1. The molecular weight excluding hydrogens is 456 g/mol. The molecule has 2 aromatic carbocycles. The molecule has 1 atom stereocenters. The predicted octanol–water partition coefficient (Wildman–Crippen LogP) is 2.93. The van der Waals surface area contributed by atoms with Crippen molar-refractivity contribution in [3.8, 4) is 5.75 Å². The SMILES string of the molecule is CCN(CC)S(=O)(=O)c1cc(NC(=O)C(C)N(C)CC(=O)Nc2cccc(OC)c2)ccc1C. The number of hydrogen-bond donors (Lipinski definition) is 2. The van der Waals surface area contributed by atoms with E-state index in [0.29, 0.717) is 35.8 Å². The molecule has 0 aliphatic rings. The van der Waals surface area contributed by atoms with Crippen molar-refractivity contribution >= 4 is 33.2 Å². The summed E-state index contributed by atoms with van der Waals surface area (Å²) in [6, 6.07) is 11.2. The van der Waals surface area contributed by atoms with E-state index in [1.807, 2.05) is 0 Å². The number of nitrogens with zero attached hydrogens (tertiary/aromatic N) is 2. The molecular formula is C24H34N4O5S. The van der Waals surface area contributed by atoms with Crippen LogP contribution >= 0.6 is 0 Å². The number of rotatable bonds is 11. The molecule has 0 aromatic heterocycles. The number of nitrogens with one attached hydrogen (secondary N) is 2. The van der Waals surface area contributed by atoms with Crippen LogP contribution in [0.25, 0.3) is 0 Å². The molecule has 0 saturated heterocycles. The van der Waals surface area contributed by atoms with Crippen LogP contribution in [-0.4, -0.2) is 69.3 Å². The molecule has 0 aliphatic carbocycles. The van der Waals surface area contributed by atoms with Crippen LogP contribution in [-0.2, 0) is 19.6 Å². The number of carbonyl (C=O) groups is 2. The van der Waals surface area contributed by atoms with Gasteiger partial charge in [0.1, 0.15) is 5.75 Å². The van der Waals surface area contributed by atoms with Gasteiger partial charge < -0.3 is 15.4 Å². The van der Waals surface area contributed by atoms with Gasteiger partial charge in [0, 0.05) is 30.5 Å². The number of ether oxygens (including phenoxy) is 1. The number of anilines is 2. The van der Waals surface area contributed by atoms with Crippen LogP contribution in [0.3, 0.4) is 0 Å². The van der Waals surface area contributed by atoms with Gasteiger partial charge in [-0.05, 0) is 50.7 Å². The van der Waals surface area contributed by atoms with Gasteiger partial charge in [-0.25, -0.2) is 8.42 Å². The second kappa shape index (κ2) is 12.0. The van der Waals surface area contributed by atoms with Crippen LogP contribution in [0, 0.1) is 6.92 Å². The highest BCUT2D eigenvalue weighted by molar-refractivity contribution is 7.89. The summed E-state index contributed by atoms with van der Waals surface area (Å²) in [5.74, 6) is -0.00978. The van der Waals surface area contributed by atoms with E-state index < -0.39 is 16.1 Å². The number of amides is 2. The number of carbonyl (C=O) groups excluding carboxylic acids is 2. The van der Waals surface area contributed by atoms with Gasteiger partial charge in [-0.15, -0.1) is 0 Å². The van der Waals surface area contributed by atoms with Gasteiger partial charge in [-0.2, -0.15) is 4.31 Å². The van der Waals surface area contributed by atoms with Crippen LogP contribution in [0.4, 0.5) is 11.4 Å². The van der Waals surface area contributed by atoms with E-state index in [1.54, 1.807) is 83.2 Å². The maximum absolute atomic E-state index is 13.0. The Morgan fingerprint density at radius 3 is 2.29 bits per heavy atom. The third kappa shape index (κ3) is 6.78. The zero-order chi connectivity index (χ0) is 25.5. The Bertz CT molecular complexity index is 1120. The highest BCUT2D eigenvalue weighted by Crippen LogP contribution is 2.24. The van der Waals surface area contributed by atoms with E-state index in [2.05, 4.69) is 10.6 Å². The molecule has 2 aromatic rings. The van der Waals surface area contributed by atoms with Gasteiger partial charge in [0.2, 0.25) is 21.8 Å². The molecule has 2 amide bonds. The molecule has 10 heteroatoms. The van der Waals surface area contributed by atoms with Crippen LogP contribution in [0.15, 0.2) is 47.4 Å². The fourth-order valence-corrected chi connectivity index (χ4v) is 5.08. The normalized spacial score (nSPS) is 12.5. The Kier molecular flexibility index (Phi) is 9.60. The summed E-state index contributed by atoms with van der Waals surface area (Å²) < 4.78 is 32.4. The van der Waals surface area contributed by atoms with E-state index in [9.17, 15) is 18.0 Å². The lowest BCUT2D eigenvalue weighted by Gasteiger charge is -2.24. The second-order valence-corrected chi connectivity index (χ2v) is 9.84. The van der Waals surface area contributed by atoms with Crippen molar-refractivity contribution in [3.05, 3.63) is 48.0 Å². The Morgan fingerprint density at radius 2 is 1.68 bits per heavy atom. The van der Waals surface area contributed by atoms with Crippen LogP contribution in [0.1, 0.15) is 26.3 Å². The quantitative estimate of drug-likeness (QED) is 0.501. The fourth-order valence-electron chi connectivity index (χ4n) is 3.37. The molecule has 186 valence electrons. The number of likely N-dealkylation sites (N-methyl/N-ethyl adjacent to an activating group) is 1. The first-order chi connectivity index (χ1) is 16.0. The lowest BCUT2D eigenvalue weighted by Crippen LogP contribution is -2.43. The largest absolute Gasteiger partial charge is 0.497 e. The predicted molar refractivity (Wildman–Crippen MR) is 134 cm³/mol. The van der Waals surface area contributed by atoms with Crippen LogP contribution in [0.5, 0.6) is 5.75 Å². The summed E-state index contributed by atoms with van der Waals surface area (Å²) in [6.45, 7) is 7.66. The van der Waals surface area contributed by atoms with Gasteiger partial charge >= 0.3 is 0 Å². The van der Waals surface area contributed by atoms with Crippen LogP contribution in [0.2, 0.25) is 0 Å². The molecule has 0 aliphatic heterocycles. The van der Waals surface area contributed by atoms with E-state index >= 15 is 0 Å². The third-order valence-corrected chi connectivity index (χ3v) is 7.76. The van der Waals surface area contributed by atoms with Gasteiger partial charge in [0.05, 0.1) is 24.6 Å². The van der Waals surface area contributed by atoms with E-state index in [1.165, 1.54) is 10.4 Å². The third-order valence-electron chi connectivity index (χ3n) is 5.57. The highest BCUT2D eigenvalue weighted by Gasteiger charge is 2.25. The molecule has 1 unspecified atom stereocenters. The minimum atomic E-state index is -3.67. The van der Waals surface area contributed by atoms with Crippen molar-refractivity contribution in [2.45, 2.75) is 38.6 Å². The summed E-state index contributed by atoms with van der Waals surface area (Å²) in [5, 5.41) is 5.54. The molecule has 2 rings (SSSR count). The monoisotopic (exact) mass is 490 g/mol. The maximum Gasteiger partial charge on any atom is 0.243 e. The highest BCUT2D eigenvalue weighted by atomic mass is 32.2. The average molecular weight is 491 g/mol. The molecule has 0 bridgehead atoms. The van der Waals surface area contributed by atoms with E-state index in [4.69, 9.17) is 4.74 Å². The first-order valence-electron chi connectivity index (χ1n) is 11.1. The summed E-state index contributed by atoms with van der Waals surface area (Å²) >= 11 is 0. The minimum Gasteiger partial charge on any atom is -0.497 e. The van der Waals surface area contributed by atoms with Crippen molar-refractivity contribution in [2.75, 3.05) is 44.4 Å². The van der Waals surface area contributed by atoms with E-state index in [0.717, 1.165) is 0 Å². The smallest absolute Gasteiger partial charge is 0.243 e.